The highest BCUT2D eigenvalue weighted by molar-refractivity contribution is 5.32. The van der Waals surface area contributed by atoms with Crippen LogP contribution in [-0.4, -0.2) is 17.8 Å². The van der Waals surface area contributed by atoms with Crippen molar-refractivity contribution in [3.63, 3.8) is 0 Å². The first-order valence-corrected chi connectivity index (χ1v) is 5.85. The van der Waals surface area contributed by atoms with Gasteiger partial charge in [0.1, 0.15) is 11.6 Å². The first kappa shape index (κ1) is 13.0. The number of ether oxygens (including phenoxy) is 1. The van der Waals surface area contributed by atoms with Gasteiger partial charge in [0.05, 0.1) is 12.7 Å². The maximum absolute atomic E-state index is 12.8. The second kappa shape index (κ2) is 6.48. The minimum atomic E-state index is -0.291. The van der Waals surface area contributed by atoms with Gasteiger partial charge in [-0.2, -0.15) is 0 Å². The molecule has 2 rings (SSSR count). The van der Waals surface area contributed by atoms with E-state index < -0.39 is 0 Å². The van der Waals surface area contributed by atoms with Crippen LogP contribution >= 0.6 is 0 Å². The number of phenols is 1. The molecule has 2 nitrogen and oxygen atoms in total. The number of aryl methyl sites for hydroxylation is 1. The molecule has 3 heteroatoms. The Kier molecular flexibility index (Phi) is 5.26. The van der Waals surface area contributed by atoms with Crippen molar-refractivity contribution in [3.8, 4) is 5.75 Å². The van der Waals surface area contributed by atoms with Crippen molar-refractivity contribution >= 4 is 0 Å². The summed E-state index contributed by atoms with van der Waals surface area (Å²) in [6.07, 6.45) is 3.05. The van der Waals surface area contributed by atoms with Crippen LogP contribution in [0.3, 0.4) is 0 Å². The first-order chi connectivity index (χ1) is 7.75. The zero-order valence-corrected chi connectivity index (χ0v) is 9.87. The highest BCUT2D eigenvalue weighted by Gasteiger charge is 2.21. The molecule has 1 aromatic carbocycles. The Labute approximate surface area is 96.1 Å². The highest BCUT2D eigenvalue weighted by Crippen LogP contribution is 2.22. The van der Waals surface area contributed by atoms with E-state index in [0.717, 1.165) is 19.4 Å². The van der Waals surface area contributed by atoms with Gasteiger partial charge in [-0.15, -0.1) is 0 Å². The quantitative estimate of drug-likeness (QED) is 0.799. The lowest BCUT2D eigenvalue weighted by atomic mass is 10.1. The number of epoxide rings is 1. The van der Waals surface area contributed by atoms with Crippen molar-refractivity contribution < 1.29 is 14.2 Å². The van der Waals surface area contributed by atoms with E-state index in [9.17, 15) is 9.50 Å². The van der Waals surface area contributed by atoms with Gasteiger partial charge in [0.25, 0.3) is 0 Å². The summed E-state index contributed by atoms with van der Waals surface area (Å²) in [5.74, 6) is -0.108. The van der Waals surface area contributed by atoms with Crippen LogP contribution in [0.15, 0.2) is 18.2 Å². The normalized spacial score (nSPS) is 17.6. The molecule has 1 atom stereocenters. The standard InChI is InChI=1S/C11H13FO2.C2H6/c12-9-4-5-11(13)8(6-9)2-1-3-10-7-14-10;1-2/h4-6,10,13H,1-3,7H2;1-2H3. The molecule has 0 bridgehead atoms. The Hall–Kier alpha value is -1.09. The van der Waals surface area contributed by atoms with Crippen LogP contribution in [0, 0.1) is 5.82 Å². The van der Waals surface area contributed by atoms with E-state index in [2.05, 4.69) is 0 Å². The van der Waals surface area contributed by atoms with Crippen LogP contribution in [0.5, 0.6) is 5.75 Å². The van der Waals surface area contributed by atoms with Gasteiger partial charge in [0.15, 0.2) is 0 Å². The molecule has 90 valence electrons. The first-order valence-electron chi connectivity index (χ1n) is 5.85. The van der Waals surface area contributed by atoms with E-state index in [0.29, 0.717) is 18.1 Å². The molecule has 1 aromatic rings. The third-order valence-corrected chi connectivity index (χ3v) is 2.42. The van der Waals surface area contributed by atoms with Gasteiger partial charge in [-0.3, -0.25) is 0 Å². The molecule has 1 aliphatic rings. The lowest BCUT2D eigenvalue weighted by Crippen LogP contribution is -1.91. The fourth-order valence-electron chi connectivity index (χ4n) is 1.51. The molecule has 1 N–H and O–H groups in total. The van der Waals surface area contributed by atoms with E-state index in [1.54, 1.807) is 0 Å². The molecule has 0 saturated carbocycles. The van der Waals surface area contributed by atoms with E-state index in [1.165, 1.54) is 18.2 Å². The molecule has 1 aliphatic heterocycles. The predicted octanol–water partition coefficient (Wildman–Crippen LogP) is 3.28. The minimum absolute atomic E-state index is 0.183. The minimum Gasteiger partial charge on any atom is -0.508 e. The summed E-state index contributed by atoms with van der Waals surface area (Å²) in [4.78, 5) is 0. The van der Waals surface area contributed by atoms with Crippen molar-refractivity contribution in [3.05, 3.63) is 29.6 Å². The van der Waals surface area contributed by atoms with Crippen LogP contribution in [0.4, 0.5) is 4.39 Å². The van der Waals surface area contributed by atoms with E-state index in [1.807, 2.05) is 13.8 Å². The third kappa shape index (κ3) is 4.19. The molecule has 0 spiro atoms. The lowest BCUT2D eigenvalue weighted by Gasteiger charge is -2.03. The summed E-state index contributed by atoms with van der Waals surface area (Å²) < 4.78 is 17.9. The zero-order chi connectivity index (χ0) is 12.0. The topological polar surface area (TPSA) is 32.8 Å². The van der Waals surface area contributed by atoms with Crippen LogP contribution in [0.2, 0.25) is 0 Å². The Balaban J connectivity index is 0.000000606. The summed E-state index contributed by atoms with van der Waals surface area (Å²) in [5.41, 5.74) is 0.686. The fourth-order valence-corrected chi connectivity index (χ4v) is 1.51. The zero-order valence-electron chi connectivity index (χ0n) is 9.87. The van der Waals surface area contributed by atoms with Crippen molar-refractivity contribution in [2.24, 2.45) is 0 Å². The summed E-state index contributed by atoms with van der Waals surface area (Å²) >= 11 is 0. The summed E-state index contributed by atoms with van der Waals surface area (Å²) in [6.45, 7) is 4.86. The second-order valence-electron chi connectivity index (χ2n) is 3.62. The van der Waals surface area contributed by atoms with Crippen molar-refractivity contribution in [1.29, 1.82) is 0 Å². The van der Waals surface area contributed by atoms with Crippen LogP contribution < -0.4 is 0 Å². The number of aromatic hydroxyl groups is 1. The van der Waals surface area contributed by atoms with Gasteiger partial charge in [0.2, 0.25) is 0 Å². The van der Waals surface area contributed by atoms with Gasteiger partial charge in [-0.1, -0.05) is 13.8 Å². The predicted molar refractivity (Wildman–Crippen MR) is 62.1 cm³/mol. The SMILES string of the molecule is CC.Oc1ccc(F)cc1CCCC1CO1. The van der Waals surface area contributed by atoms with E-state index in [4.69, 9.17) is 4.74 Å². The van der Waals surface area contributed by atoms with Gasteiger partial charge in [0, 0.05) is 0 Å². The molecule has 1 saturated heterocycles. The third-order valence-electron chi connectivity index (χ3n) is 2.42. The molecule has 0 radical (unpaired) electrons. The largest absolute Gasteiger partial charge is 0.508 e. The average molecular weight is 226 g/mol. The summed E-state index contributed by atoms with van der Waals surface area (Å²) in [5, 5.41) is 9.42. The van der Waals surface area contributed by atoms with E-state index >= 15 is 0 Å². The fraction of sp³-hybridized carbons (Fsp3) is 0.538. The number of rotatable bonds is 4. The molecule has 16 heavy (non-hydrogen) atoms. The Morgan fingerprint density at radius 1 is 1.44 bits per heavy atom. The molecule has 0 amide bonds. The number of hydrogen-bond donors (Lipinski definition) is 1. The van der Waals surface area contributed by atoms with Crippen molar-refractivity contribution in [2.45, 2.75) is 39.2 Å². The van der Waals surface area contributed by atoms with Gasteiger partial charge in [-0.05, 0) is 43.0 Å². The number of hydrogen-bond acceptors (Lipinski definition) is 2. The maximum Gasteiger partial charge on any atom is 0.123 e. The number of benzene rings is 1. The molecular formula is C13H19FO2. The highest BCUT2D eigenvalue weighted by atomic mass is 19.1. The maximum atomic E-state index is 12.8. The molecular weight excluding hydrogens is 207 g/mol. The summed E-state index contributed by atoms with van der Waals surface area (Å²) in [7, 11) is 0. The second-order valence-corrected chi connectivity index (χ2v) is 3.62. The van der Waals surface area contributed by atoms with Gasteiger partial charge in [-0.25, -0.2) is 4.39 Å². The molecule has 1 heterocycles. The number of phenolic OH excluding ortho intramolecular Hbond substituents is 1. The van der Waals surface area contributed by atoms with Crippen molar-refractivity contribution in [2.75, 3.05) is 6.61 Å². The van der Waals surface area contributed by atoms with E-state index in [-0.39, 0.29) is 11.6 Å². The monoisotopic (exact) mass is 226 g/mol. The molecule has 0 aliphatic carbocycles. The van der Waals surface area contributed by atoms with Gasteiger partial charge >= 0.3 is 0 Å². The summed E-state index contributed by atoms with van der Waals surface area (Å²) in [6, 6.07) is 4.06. The van der Waals surface area contributed by atoms with Crippen molar-refractivity contribution in [1.82, 2.24) is 0 Å². The van der Waals surface area contributed by atoms with Crippen LogP contribution in [0.1, 0.15) is 32.3 Å². The average Bonchev–Trinajstić information content (AvgIpc) is 3.10. The van der Waals surface area contributed by atoms with Crippen LogP contribution in [0.25, 0.3) is 0 Å². The number of halogens is 1. The van der Waals surface area contributed by atoms with Gasteiger partial charge < -0.3 is 9.84 Å². The lowest BCUT2D eigenvalue weighted by molar-refractivity contribution is 0.390. The molecule has 1 unspecified atom stereocenters. The molecule has 1 fully saturated rings. The van der Waals surface area contributed by atoms with Crippen LogP contribution in [-0.2, 0) is 11.2 Å². The molecule has 0 aromatic heterocycles. The Bertz CT molecular complexity index is 322. The smallest absolute Gasteiger partial charge is 0.123 e. The Morgan fingerprint density at radius 3 is 2.75 bits per heavy atom. The Morgan fingerprint density at radius 2 is 2.12 bits per heavy atom.